The molecule has 0 spiro atoms. The van der Waals surface area contributed by atoms with Crippen molar-refractivity contribution >= 4 is 11.9 Å². The van der Waals surface area contributed by atoms with Crippen LogP contribution in [0.1, 0.15) is 42.6 Å². The van der Waals surface area contributed by atoms with Crippen LogP contribution in [0, 0.1) is 0 Å². The number of amides is 1. The lowest BCUT2D eigenvalue weighted by Crippen LogP contribution is -2.53. The van der Waals surface area contributed by atoms with Gasteiger partial charge in [0, 0.05) is 12.7 Å². The van der Waals surface area contributed by atoms with Gasteiger partial charge in [-0.15, -0.1) is 0 Å². The molecule has 0 aromatic heterocycles. The minimum atomic E-state index is -1.21. The monoisotopic (exact) mass is 279 g/mol. The van der Waals surface area contributed by atoms with Gasteiger partial charge in [-0.2, -0.15) is 0 Å². The average molecular weight is 279 g/mol. The molecule has 1 amide bonds. The predicted molar refractivity (Wildman–Crippen MR) is 75.6 cm³/mol. The lowest BCUT2D eigenvalue weighted by atomic mass is 9.92. The minimum absolute atomic E-state index is 0.340. The smallest absolute Gasteiger partial charge is 0.329 e. The molecule has 5 heteroatoms. The molecule has 0 unspecified atom stereocenters. The molecule has 5 nitrogen and oxygen atoms in total. The number of hydrogen-bond donors (Lipinski definition) is 2. The standard InChI is InChI=1S/C15H21NO4/c1-4-15(5-2,14(18)19)16-13(17)12-8-6-11(7-9-12)10-20-3/h6-9H,4-5,10H2,1-3H3,(H,16,17)(H,18,19). The molecular weight excluding hydrogens is 258 g/mol. The first-order valence-corrected chi connectivity index (χ1v) is 6.63. The van der Waals surface area contributed by atoms with Crippen molar-refractivity contribution in [1.29, 1.82) is 0 Å². The lowest BCUT2D eigenvalue weighted by Gasteiger charge is -2.28. The third-order valence-electron chi connectivity index (χ3n) is 3.50. The molecule has 0 radical (unpaired) electrons. The Bertz CT molecular complexity index is 463. The van der Waals surface area contributed by atoms with Crippen LogP contribution >= 0.6 is 0 Å². The second kappa shape index (κ2) is 7.05. The minimum Gasteiger partial charge on any atom is -0.480 e. The summed E-state index contributed by atoms with van der Waals surface area (Å²) in [5, 5.41) is 11.9. The van der Waals surface area contributed by atoms with Gasteiger partial charge in [-0.3, -0.25) is 4.79 Å². The first-order chi connectivity index (χ1) is 9.49. The predicted octanol–water partition coefficient (Wildman–Crippen LogP) is 2.21. The maximum Gasteiger partial charge on any atom is 0.329 e. The summed E-state index contributed by atoms with van der Waals surface area (Å²) in [6.45, 7) is 3.98. The molecule has 0 saturated carbocycles. The Labute approximate surface area is 118 Å². The first-order valence-electron chi connectivity index (χ1n) is 6.63. The van der Waals surface area contributed by atoms with Crippen molar-refractivity contribution < 1.29 is 19.4 Å². The van der Waals surface area contributed by atoms with Crippen molar-refractivity contribution in [3.63, 3.8) is 0 Å². The van der Waals surface area contributed by atoms with Gasteiger partial charge in [0.2, 0.25) is 0 Å². The van der Waals surface area contributed by atoms with Gasteiger partial charge in [0.1, 0.15) is 5.54 Å². The molecule has 20 heavy (non-hydrogen) atoms. The van der Waals surface area contributed by atoms with Crippen LogP contribution in [0.25, 0.3) is 0 Å². The molecule has 1 aromatic rings. The van der Waals surface area contributed by atoms with E-state index >= 15 is 0 Å². The molecule has 1 aromatic carbocycles. The number of methoxy groups -OCH3 is 1. The van der Waals surface area contributed by atoms with Crippen LogP contribution in [0.4, 0.5) is 0 Å². The Kier molecular flexibility index (Phi) is 5.70. The van der Waals surface area contributed by atoms with E-state index in [1.807, 2.05) is 0 Å². The van der Waals surface area contributed by atoms with E-state index in [1.165, 1.54) is 0 Å². The SMILES string of the molecule is CCC(CC)(NC(=O)c1ccc(COC)cc1)C(=O)O. The number of carbonyl (C=O) groups excluding carboxylic acids is 1. The molecule has 2 N–H and O–H groups in total. The van der Waals surface area contributed by atoms with E-state index in [1.54, 1.807) is 45.2 Å². The molecule has 0 aliphatic carbocycles. The molecule has 0 aliphatic rings. The summed E-state index contributed by atoms with van der Waals surface area (Å²) in [6.07, 6.45) is 0.679. The van der Waals surface area contributed by atoms with E-state index in [4.69, 9.17) is 4.74 Å². The molecule has 0 aliphatic heterocycles. The summed E-state index contributed by atoms with van der Waals surface area (Å²) in [4.78, 5) is 23.5. The summed E-state index contributed by atoms with van der Waals surface area (Å²) in [5.74, 6) is -1.38. The molecular formula is C15H21NO4. The van der Waals surface area contributed by atoms with Gasteiger partial charge in [0.25, 0.3) is 5.91 Å². The number of carbonyl (C=O) groups is 2. The third kappa shape index (κ3) is 3.57. The van der Waals surface area contributed by atoms with E-state index < -0.39 is 11.5 Å². The Morgan fingerprint density at radius 1 is 1.20 bits per heavy atom. The topological polar surface area (TPSA) is 75.6 Å². The van der Waals surface area contributed by atoms with E-state index in [-0.39, 0.29) is 5.91 Å². The highest BCUT2D eigenvalue weighted by molar-refractivity contribution is 5.97. The zero-order chi connectivity index (χ0) is 15.2. The number of carboxylic acids is 1. The van der Waals surface area contributed by atoms with Crippen LogP contribution in [0.3, 0.4) is 0 Å². The van der Waals surface area contributed by atoms with Crippen molar-refractivity contribution in [1.82, 2.24) is 5.32 Å². The van der Waals surface area contributed by atoms with E-state index in [2.05, 4.69) is 5.32 Å². The van der Waals surface area contributed by atoms with Crippen LogP contribution in [-0.2, 0) is 16.1 Å². The van der Waals surface area contributed by atoms with Crippen LogP contribution in [0.15, 0.2) is 24.3 Å². The number of rotatable bonds is 7. The second-order valence-electron chi connectivity index (χ2n) is 4.68. The highest BCUT2D eigenvalue weighted by Gasteiger charge is 2.36. The Morgan fingerprint density at radius 2 is 1.75 bits per heavy atom. The van der Waals surface area contributed by atoms with Crippen LogP contribution in [-0.4, -0.2) is 29.6 Å². The van der Waals surface area contributed by atoms with Crippen LogP contribution in [0.2, 0.25) is 0 Å². The summed E-state index contributed by atoms with van der Waals surface area (Å²) in [5.41, 5.74) is 0.194. The maximum absolute atomic E-state index is 12.1. The van der Waals surface area contributed by atoms with Crippen molar-refractivity contribution in [2.45, 2.75) is 38.8 Å². The van der Waals surface area contributed by atoms with Crippen molar-refractivity contribution in [2.75, 3.05) is 7.11 Å². The summed E-state index contributed by atoms with van der Waals surface area (Å²) in [6, 6.07) is 6.92. The molecule has 0 heterocycles. The van der Waals surface area contributed by atoms with Crippen molar-refractivity contribution in [3.8, 4) is 0 Å². The molecule has 0 saturated heterocycles. The highest BCUT2D eigenvalue weighted by atomic mass is 16.5. The number of benzene rings is 1. The van der Waals surface area contributed by atoms with Gasteiger partial charge < -0.3 is 15.2 Å². The fraction of sp³-hybridized carbons (Fsp3) is 0.467. The van der Waals surface area contributed by atoms with E-state index in [0.29, 0.717) is 25.0 Å². The van der Waals surface area contributed by atoms with Crippen LogP contribution < -0.4 is 5.32 Å². The molecule has 0 atom stereocenters. The zero-order valence-electron chi connectivity index (χ0n) is 12.1. The number of nitrogens with one attached hydrogen (secondary N) is 1. The molecule has 110 valence electrons. The van der Waals surface area contributed by atoms with Gasteiger partial charge in [0.15, 0.2) is 0 Å². The average Bonchev–Trinajstić information content (AvgIpc) is 2.45. The van der Waals surface area contributed by atoms with Crippen molar-refractivity contribution in [3.05, 3.63) is 35.4 Å². The fourth-order valence-corrected chi connectivity index (χ4v) is 1.99. The quantitative estimate of drug-likeness (QED) is 0.802. The van der Waals surface area contributed by atoms with Crippen molar-refractivity contribution in [2.24, 2.45) is 0 Å². The Hall–Kier alpha value is -1.88. The van der Waals surface area contributed by atoms with Gasteiger partial charge in [0.05, 0.1) is 6.61 Å². The molecule has 0 fully saturated rings. The van der Waals surface area contributed by atoms with Gasteiger partial charge in [-0.25, -0.2) is 4.79 Å². The number of ether oxygens (including phenoxy) is 1. The molecule has 1 rings (SSSR count). The van der Waals surface area contributed by atoms with Gasteiger partial charge in [-0.05, 0) is 30.5 Å². The third-order valence-corrected chi connectivity index (χ3v) is 3.50. The fourth-order valence-electron chi connectivity index (χ4n) is 1.99. The zero-order valence-corrected chi connectivity index (χ0v) is 12.1. The normalized spacial score (nSPS) is 11.2. The van der Waals surface area contributed by atoms with Gasteiger partial charge >= 0.3 is 5.97 Å². The number of carboxylic acid groups (broad SMARTS) is 1. The maximum atomic E-state index is 12.1. The first kappa shape index (κ1) is 16.2. The van der Waals surface area contributed by atoms with Crippen LogP contribution in [0.5, 0.6) is 0 Å². The highest BCUT2D eigenvalue weighted by Crippen LogP contribution is 2.17. The second-order valence-corrected chi connectivity index (χ2v) is 4.68. The van der Waals surface area contributed by atoms with Gasteiger partial charge in [-0.1, -0.05) is 26.0 Å². The largest absolute Gasteiger partial charge is 0.480 e. The molecule has 0 bridgehead atoms. The Morgan fingerprint density at radius 3 is 2.15 bits per heavy atom. The number of hydrogen-bond acceptors (Lipinski definition) is 3. The van der Waals surface area contributed by atoms with E-state index in [9.17, 15) is 14.7 Å². The Balaban J connectivity index is 2.86. The summed E-state index contributed by atoms with van der Waals surface area (Å²) >= 11 is 0. The number of aliphatic carboxylic acids is 1. The van der Waals surface area contributed by atoms with E-state index in [0.717, 1.165) is 5.56 Å². The lowest BCUT2D eigenvalue weighted by molar-refractivity contribution is -0.144. The summed E-state index contributed by atoms with van der Waals surface area (Å²) < 4.78 is 5.00. The summed E-state index contributed by atoms with van der Waals surface area (Å²) in [7, 11) is 1.60.